The van der Waals surface area contributed by atoms with E-state index < -0.39 is 0 Å². The Bertz CT molecular complexity index is 635. The van der Waals surface area contributed by atoms with Crippen LogP contribution in [0.5, 0.6) is 0 Å². The van der Waals surface area contributed by atoms with Crippen LogP contribution in [0.15, 0.2) is 24.3 Å². The Morgan fingerprint density at radius 1 is 1.19 bits per heavy atom. The van der Waals surface area contributed by atoms with Crippen LogP contribution in [0.1, 0.15) is 19.8 Å². The zero-order valence-electron chi connectivity index (χ0n) is 16.3. The summed E-state index contributed by atoms with van der Waals surface area (Å²) in [4.78, 5) is 30.4. The van der Waals surface area contributed by atoms with E-state index in [9.17, 15) is 9.59 Å². The fourth-order valence-electron chi connectivity index (χ4n) is 3.53. The minimum Gasteiger partial charge on any atom is -0.376 e. The van der Waals surface area contributed by atoms with E-state index in [1.54, 1.807) is 4.90 Å². The summed E-state index contributed by atoms with van der Waals surface area (Å²) in [5.41, 5.74) is 1.92. The first-order valence-corrected chi connectivity index (χ1v) is 9.72. The van der Waals surface area contributed by atoms with Gasteiger partial charge in [0.2, 0.25) is 11.8 Å². The lowest BCUT2D eigenvalue weighted by molar-refractivity contribution is -0.134. The summed E-state index contributed by atoms with van der Waals surface area (Å²) >= 11 is 0. The first-order valence-electron chi connectivity index (χ1n) is 9.72. The molecular weight excluding hydrogens is 344 g/mol. The highest BCUT2D eigenvalue weighted by atomic mass is 16.5. The van der Waals surface area contributed by atoms with Gasteiger partial charge in [-0.1, -0.05) is 0 Å². The highest BCUT2D eigenvalue weighted by Crippen LogP contribution is 2.19. The van der Waals surface area contributed by atoms with Crippen molar-refractivity contribution < 1.29 is 14.3 Å². The SMILES string of the molecule is CC(=O)N(CC(=O)Nc1ccc(N2CCN(C)CC2)cc1)CC1CCCO1. The van der Waals surface area contributed by atoms with Gasteiger partial charge < -0.3 is 24.8 Å². The maximum Gasteiger partial charge on any atom is 0.243 e. The molecule has 2 aliphatic heterocycles. The molecule has 3 rings (SSSR count). The molecule has 2 fully saturated rings. The van der Waals surface area contributed by atoms with Crippen LogP contribution in [0.3, 0.4) is 0 Å². The zero-order valence-corrected chi connectivity index (χ0v) is 16.3. The Balaban J connectivity index is 1.51. The minimum absolute atomic E-state index is 0.0459. The van der Waals surface area contributed by atoms with Crippen molar-refractivity contribution in [1.29, 1.82) is 0 Å². The van der Waals surface area contributed by atoms with Gasteiger partial charge in [0.05, 0.1) is 12.6 Å². The lowest BCUT2D eigenvalue weighted by Gasteiger charge is -2.34. The van der Waals surface area contributed by atoms with E-state index in [4.69, 9.17) is 4.74 Å². The van der Waals surface area contributed by atoms with Gasteiger partial charge in [-0.2, -0.15) is 0 Å². The van der Waals surface area contributed by atoms with Crippen LogP contribution < -0.4 is 10.2 Å². The maximum atomic E-state index is 12.4. The summed E-state index contributed by atoms with van der Waals surface area (Å²) in [6.07, 6.45) is 2.01. The Labute approximate surface area is 161 Å². The number of rotatable bonds is 6. The molecular formula is C20H30N4O3. The molecule has 148 valence electrons. The lowest BCUT2D eigenvalue weighted by atomic mass is 10.2. The van der Waals surface area contributed by atoms with E-state index in [-0.39, 0.29) is 24.5 Å². The molecule has 2 heterocycles. The van der Waals surface area contributed by atoms with Crippen molar-refractivity contribution in [3.05, 3.63) is 24.3 Å². The van der Waals surface area contributed by atoms with Crippen LogP contribution >= 0.6 is 0 Å². The van der Waals surface area contributed by atoms with Crippen LogP contribution in [0.2, 0.25) is 0 Å². The number of amides is 2. The standard InChI is InChI=1S/C20H30N4O3/c1-16(25)24(14-19-4-3-13-27-19)15-20(26)21-17-5-7-18(8-6-17)23-11-9-22(2)10-12-23/h5-8,19H,3-4,9-15H2,1-2H3,(H,21,26). The summed E-state index contributed by atoms with van der Waals surface area (Å²) < 4.78 is 5.58. The summed E-state index contributed by atoms with van der Waals surface area (Å²) in [6.45, 7) is 6.90. The van der Waals surface area contributed by atoms with Gasteiger partial charge in [0.15, 0.2) is 0 Å². The number of benzene rings is 1. The topological polar surface area (TPSA) is 65.1 Å². The van der Waals surface area contributed by atoms with Crippen molar-refractivity contribution in [3.63, 3.8) is 0 Å². The molecule has 0 spiro atoms. The third kappa shape index (κ3) is 5.68. The molecule has 0 bridgehead atoms. The van der Waals surface area contributed by atoms with Crippen molar-refractivity contribution in [3.8, 4) is 0 Å². The Morgan fingerprint density at radius 3 is 2.48 bits per heavy atom. The van der Waals surface area contributed by atoms with E-state index in [0.717, 1.165) is 51.3 Å². The number of carbonyl (C=O) groups excluding carboxylic acids is 2. The van der Waals surface area contributed by atoms with Gasteiger partial charge >= 0.3 is 0 Å². The molecule has 2 amide bonds. The number of piperazine rings is 1. The molecule has 27 heavy (non-hydrogen) atoms. The van der Waals surface area contributed by atoms with Gasteiger partial charge in [-0.15, -0.1) is 0 Å². The van der Waals surface area contributed by atoms with Crippen molar-refractivity contribution >= 4 is 23.2 Å². The van der Waals surface area contributed by atoms with E-state index in [1.807, 2.05) is 24.3 Å². The third-order valence-corrected chi connectivity index (χ3v) is 5.25. The van der Waals surface area contributed by atoms with Gasteiger partial charge in [0.1, 0.15) is 0 Å². The van der Waals surface area contributed by atoms with Crippen LogP contribution in [0, 0.1) is 0 Å². The van der Waals surface area contributed by atoms with Crippen molar-refractivity contribution in [2.45, 2.75) is 25.9 Å². The van der Waals surface area contributed by atoms with E-state index in [0.29, 0.717) is 6.54 Å². The first-order chi connectivity index (χ1) is 13.0. The third-order valence-electron chi connectivity index (χ3n) is 5.25. The average Bonchev–Trinajstić information content (AvgIpc) is 3.15. The fraction of sp³-hybridized carbons (Fsp3) is 0.600. The number of ether oxygens (including phenoxy) is 1. The number of nitrogens with zero attached hydrogens (tertiary/aromatic N) is 3. The average molecular weight is 374 g/mol. The zero-order chi connectivity index (χ0) is 19.2. The number of hydrogen-bond donors (Lipinski definition) is 1. The molecule has 1 atom stereocenters. The van der Waals surface area contributed by atoms with E-state index in [1.165, 1.54) is 12.6 Å². The second kappa shape index (κ2) is 9.19. The van der Waals surface area contributed by atoms with Crippen LogP contribution in [-0.4, -0.2) is 80.6 Å². The Morgan fingerprint density at radius 2 is 1.89 bits per heavy atom. The number of hydrogen-bond acceptors (Lipinski definition) is 5. The molecule has 1 N–H and O–H groups in total. The molecule has 0 saturated carbocycles. The maximum absolute atomic E-state index is 12.4. The molecule has 0 radical (unpaired) electrons. The molecule has 1 aromatic rings. The summed E-state index contributed by atoms with van der Waals surface area (Å²) in [5, 5.41) is 2.89. The quantitative estimate of drug-likeness (QED) is 0.816. The Hall–Kier alpha value is -2.12. The van der Waals surface area contributed by atoms with Crippen molar-refractivity contribution in [2.24, 2.45) is 0 Å². The summed E-state index contributed by atoms with van der Waals surface area (Å²) in [5.74, 6) is -0.290. The second-order valence-electron chi connectivity index (χ2n) is 7.42. The van der Waals surface area contributed by atoms with Gasteiger partial charge in [-0.05, 0) is 44.2 Å². The summed E-state index contributed by atoms with van der Waals surface area (Å²) in [6, 6.07) is 7.92. The molecule has 7 heteroatoms. The number of likely N-dealkylation sites (N-methyl/N-ethyl adjacent to an activating group) is 1. The molecule has 2 saturated heterocycles. The molecule has 0 aromatic heterocycles. The normalized spacial score (nSPS) is 20.5. The summed E-state index contributed by atoms with van der Waals surface area (Å²) in [7, 11) is 2.14. The van der Waals surface area contributed by atoms with Crippen LogP contribution in [-0.2, 0) is 14.3 Å². The van der Waals surface area contributed by atoms with Crippen LogP contribution in [0.25, 0.3) is 0 Å². The predicted octanol–water partition coefficient (Wildman–Crippen LogP) is 1.40. The van der Waals surface area contributed by atoms with E-state index in [2.05, 4.69) is 22.2 Å². The molecule has 2 aliphatic rings. The van der Waals surface area contributed by atoms with Gasteiger partial charge in [-0.25, -0.2) is 0 Å². The number of carbonyl (C=O) groups is 2. The highest BCUT2D eigenvalue weighted by Gasteiger charge is 2.22. The Kier molecular flexibility index (Phi) is 6.68. The smallest absolute Gasteiger partial charge is 0.243 e. The largest absolute Gasteiger partial charge is 0.376 e. The second-order valence-corrected chi connectivity index (χ2v) is 7.42. The molecule has 0 aliphatic carbocycles. The fourth-order valence-corrected chi connectivity index (χ4v) is 3.53. The van der Waals surface area contributed by atoms with Crippen LogP contribution in [0.4, 0.5) is 11.4 Å². The lowest BCUT2D eigenvalue weighted by Crippen LogP contribution is -2.44. The van der Waals surface area contributed by atoms with Gasteiger partial charge in [0, 0.05) is 57.6 Å². The number of nitrogens with one attached hydrogen (secondary N) is 1. The van der Waals surface area contributed by atoms with Crippen molar-refractivity contribution in [2.75, 3.05) is 63.1 Å². The van der Waals surface area contributed by atoms with Gasteiger partial charge in [0.25, 0.3) is 0 Å². The van der Waals surface area contributed by atoms with Gasteiger partial charge in [-0.3, -0.25) is 9.59 Å². The number of anilines is 2. The monoisotopic (exact) mass is 374 g/mol. The first kappa shape index (κ1) is 19.6. The molecule has 7 nitrogen and oxygen atoms in total. The van der Waals surface area contributed by atoms with Crippen molar-refractivity contribution in [1.82, 2.24) is 9.80 Å². The highest BCUT2D eigenvalue weighted by molar-refractivity contribution is 5.94. The molecule has 1 unspecified atom stereocenters. The predicted molar refractivity (Wildman–Crippen MR) is 106 cm³/mol. The van der Waals surface area contributed by atoms with E-state index >= 15 is 0 Å². The minimum atomic E-state index is -0.185. The molecule has 1 aromatic carbocycles.